The average molecular weight is 372 g/mol. The van der Waals surface area contributed by atoms with Crippen molar-refractivity contribution in [3.63, 3.8) is 0 Å². The van der Waals surface area contributed by atoms with Crippen LogP contribution in [0.15, 0.2) is 24.3 Å². The maximum atomic E-state index is 12.5. The van der Waals surface area contributed by atoms with Crippen molar-refractivity contribution in [3.05, 3.63) is 45.6 Å². The Labute approximate surface area is 156 Å². The number of benzene rings is 1. The van der Waals surface area contributed by atoms with Gasteiger partial charge in [0.2, 0.25) is 5.95 Å². The first kappa shape index (κ1) is 18.7. The number of hydrogen-bond donors (Lipinski definition) is 0. The molecule has 0 bridgehead atoms. The summed E-state index contributed by atoms with van der Waals surface area (Å²) in [4.78, 5) is 34.0. The molecule has 3 rings (SSSR count). The molecule has 0 spiro atoms. The van der Waals surface area contributed by atoms with Crippen LogP contribution in [0.3, 0.4) is 0 Å². The van der Waals surface area contributed by atoms with Crippen molar-refractivity contribution >= 4 is 17.6 Å². The Kier molecular flexibility index (Phi) is 5.60. The number of aryl methyl sites for hydroxylation is 1. The highest BCUT2D eigenvalue weighted by Gasteiger charge is 2.24. The minimum atomic E-state index is -0.517. The molecule has 2 heterocycles. The van der Waals surface area contributed by atoms with E-state index in [1.165, 1.54) is 12.1 Å². The lowest BCUT2D eigenvalue weighted by Crippen LogP contribution is -2.37. The Morgan fingerprint density at radius 1 is 1.26 bits per heavy atom. The van der Waals surface area contributed by atoms with Gasteiger partial charge in [-0.15, -0.1) is 0 Å². The number of aromatic nitrogens is 2. The molecule has 0 aliphatic carbocycles. The van der Waals surface area contributed by atoms with Crippen LogP contribution in [0.25, 0.3) is 11.3 Å². The van der Waals surface area contributed by atoms with Gasteiger partial charge in [-0.05, 0) is 26.0 Å². The molecule has 1 aliphatic rings. The van der Waals surface area contributed by atoms with Crippen LogP contribution in [0.1, 0.15) is 23.0 Å². The summed E-state index contributed by atoms with van der Waals surface area (Å²) in [6.07, 6.45) is 0. The van der Waals surface area contributed by atoms with Gasteiger partial charge in [-0.1, -0.05) is 0 Å². The first-order chi connectivity index (χ1) is 13.0. The maximum absolute atomic E-state index is 12.5. The van der Waals surface area contributed by atoms with E-state index >= 15 is 0 Å². The van der Waals surface area contributed by atoms with Crippen molar-refractivity contribution in [1.29, 1.82) is 0 Å². The Morgan fingerprint density at radius 2 is 1.93 bits per heavy atom. The van der Waals surface area contributed by atoms with Gasteiger partial charge in [0, 0.05) is 30.8 Å². The van der Waals surface area contributed by atoms with Crippen molar-refractivity contribution in [2.45, 2.75) is 13.8 Å². The Balaban J connectivity index is 2.10. The van der Waals surface area contributed by atoms with Crippen LogP contribution in [0, 0.1) is 17.0 Å². The van der Waals surface area contributed by atoms with Crippen molar-refractivity contribution < 1.29 is 19.2 Å². The van der Waals surface area contributed by atoms with Crippen LogP contribution in [0.4, 0.5) is 11.6 Å². The van der Waals surface area contributed by atoms with E-state index in [9.17, 15) is 14.9 Å². The van der Waals surface area contributed by atoms with Crippen molar-refractivity contribution in [2.24, 2.45) is 0 Å². The van der Waals surface area contributed by atoms with E-state index < -0.39 is 10.9 Å². The minimum Gasteiger partial charge on any atom is -0.462 e. The maximum Gasteiger partial charge on any atom is 0.342 e. The molecule has 1 aromatic carbocycles. The highest BCUT2D eigenvalue weighted by Crippen LogP contribution is 2.28. The first-order valence-corrected chi connectivity index (χ1v) is 8.64. The number of morpholine rings is 1. The summed E-state index contributed by atoms with van der Waals surface area (Å²) in [6, 6.07) is 5.92. The van der Waals surface area contributed by atoms with Crippen LogP contribution < -0.4 is 4.90 Å². The number of esters is 1. The van der Waals surface area contributed by atoms with Crippen LogP contribution in [0.2, 0.25) is 0 Å². The fourth-order valence-corrected chi connectivity index (χ4v) is 2.86. The minimum absolute atomic E-state index is 0.0318. The number of rotatable bonds is 5. The number of carbonyl (C=O) groups is 1. The van der Waals surface area contributed by atoms with Gasteiger partial charge in [0.05, 0.1) is 36.1 Å². The van der Waals surface area contributed by atoms with E-state index in [2.05, 4.69) is 9.97 Å². The fraction of sp³-hybridized carbons (Fsp3) is 0.389. The summed E-state index contributed by atoms with van der Waals surface area (Å²) in [5.74, 6) is -0.0194. The van der Waals surface area contributed by atoms with Gasteiger partial charge in [0.15, 0.2) is 0 Å². The smallest absolute Gasteiger partial charge is 0.342 e. The van der Waals surface area contributed by atoms with Gasteiger partial charge in [0.25, 0.3) is 5.69 Å². The predicted molar refractivity (Wildman–Crippen MR) is 97.8 cm³/mol. The molecule has 2 aromatic rings. The van der Waals surface area contributed by atoms with Crippen LogP contribution in [-0.2, 0) is 9.47 Å². The standard InChI is InChI=1S/C18H20N4O5/c1-3-27-17(23)15-12(2)19-18(21-8-10-26-11-9-21)20-16(15)13-4-6-14(7-5-13)22(24)25/h4-7H,3,8-11H2,1-2H3. The summed E-state index contributed by atoms with van der Waals surface area (Å²) in [7, 11) is 0. The fourth-order valence-electron chi connectivity index (χ4n) is 2.86. The van der Waals surface area contributed by atoms with E-state index in [4.69, 9.17) is 9.47 Å². The lowest BCUT2D eigenvalue weighted by molar-refractivity contribution is -0.384. The lowest BCUT2D eigenvalue weighted by atomic mass is 10.0. The molecular weight excluding hydrogens is 352 g/mol. The molecule has 1 aromatic heterocycles. The second-order valence-electron chi connectivity index (χ2n) is 5.96. The third-order valence-electron chi connectivity index (χ3n) is 4.20. The molecule has 1 fully saturated rings. The van der Waals surface area contributed by atoms with Crippen molar-refractivity contribution in [1.82, 2.24) is 9.97 Å². The zero-order valence-electron chi connectivity index (χ0n) is 15.2. The lowest BCUT2D eigenvalue weighted by Gasteiger charge is -2.27. The first-order valence-electron chi connectivity index (χ1n) is 8.64. The van der Waals surface area contributed by atoms with E-state index in [1.807, 2.05) is 4.90 Å². The van der Waals surface area contributed by atoms with Crippen LogP contribution in [-0.4, -0.2) is 53.8 Å². The van der Waals surface area contributed by atoms with E-state index in [0.29, 0.717) is 49.2 Å². The molecule has 9 nitrogen and oxygen atoms in total. The Bertz CT molecular complexity index is 848. The number of nitrogens with zero attached hydrogens (tertiary/aromatic N) is 4. The number of carbonyl (C=O) groups excluding carboxylic acids is 1. The summed E-state index contributed by atoms with van der Waals surface area (Å²) in [5, 5.41) is 10.9. The quantitative estimate of drug-likeness (QED) is 0.447. The van der Waals surface area contributed by atoms with Gasteiger partial charge >= 0.3 is 5.97 Å². The Morgan fingerprint density at radius 3 is 2.52 bits per heavy atom. The zero-order chi connectivity index (χ0) is 19.4. The monoisotopic (exact) mass is 372 g/mol. The van der Waals surface area contributed by atoms with Gasteiger partial charge < -0.3 is 14.4 Å². The number of non-ortho nitro benzene ring substituents is 1. The highest BCUT2D eigenvalue weighted by atomic mass is 16.6. The van der Waals surface area contributed by atoms with Crippen LogP contribution in [0.5, 0.6) is 0 Å². The van der Waals surface area contributed by atoms with Crippen molar-refractivity contribution in [2.75, 3.05) is 37.8 Å². The Hall–Kier alpha value is -3.07. The second kappa shape index (κ2) is 8.09. The van der Waals surface area contributed by atoms with E-state index in [-0.39, 0.29) is 17.9 Å². The highest BCUT2D eigenvalue weighted by molar-refractivity contribution is 5.97. The number of anilines is 1. The summed E-state index contributed by atoms with van der Waals surface area (Å²) < 4.78 is 10.5. The molecule has 9 heteroatoms. The summed E-state index contributed by atoms with van der Waals surface area (Å²) in [5.41, 5.74) is 1.72. The molecule has 0 atom stereocenters. The molecule has 0 radical (unpaired) electrons. The topological polar surface area (TPSA) is 108 Å². The molecule has 1 saturated heterocycles. The second-order valence-corrected chi connectivity index (χ2v) is 5.96. The summed E-state index contributed by atoms with van der Waals surface area (Å²) in [6.45, 7) is 6.14. The average Bonchev–Trinajstić information content (AvgIpc) is 2.68. The van der Waals surface area contributed by atoms with E-state index in [0.717, 1.165) is 0 Å². The van der Waals surface area contributed by atoms with E-state index in [1.54, 1.807) is 26.0 Å². The molecule has 0 saturated carbocycles. The number of ether oxygens (including phenoxy) is 2. The molecule has 0 amide bonds. The normalized spacial score (nSPS) is 14.1. The third-order valence-corrected chi connectivity index (χ3v) is 4.20. The van der Waals surface area contributed by atoms with Gasteiger partial charge in [-0.3, -0.25) is 10.1 Å². The molecular formula is C18H20N4O5. The molecule has 142 valence electrons. The summed E-state index contributed by atoms with van der Waals surface area (Å²) >= 11 is 0. The largest absolute Gasteiger partial charge is 0.462 e. The number of nitro benzene ring substituents is 1. The molecule has 0 N–H and O–H groups in total. The van der Waals surface area contributed by atoms with Crippen LogP contribution >= 0.6 is 0 Å². The molecule has 1 aliphatic heterocycles. The zero-order valence-corrected chi connectivity index (χ0v) is 15.2. The van der Waals surface area contributed by atoms with Crippen molar-refractivity contribution in [3.8, 4) is 11.3 Å². The molecule has 0 unspecified atom stereocenters. The van der Waals surface area contributed by atoms with Gasteiger partial charge in [-0.2, -0.15) is 0 Å². The van der Waals surface area contributed by atoms with Gasteiger partial charge in [-0.25, -0.2) is 14.8 Å². The third kappa shape index (κ3) is 4.03. The number of nitro groups is 1. The molecule has 27 heavy (non-hydrogen) atoms. The number of hydrogen-bond acceptors (Lipinski definition) is 8. The van der Waals surface area contributed by atoms with Gasteiger partial charge in [0.1, 0.15) is 5.56 Å². The SMILES string of the molecule is CCOC(=O)c1c(C)nc(N2CCOCC2)nc1-c1ccc([N+](=O)[O-])cc1. The predicted octanol–water partition coefficient (Wildman–Crippen LogP) is 2.37.